The zero-order chi connectivity index (χ0) is 46.4. The molecule has 4 heteroatoms. The summed E-state index contributed by atoms with van der Waals surface area (Å²) in [7, 11) is 0. The minimum atomic E-state index is -0.378. The predicted octanol–water partition coefficient (Wildman–Crippen LogP) is 18.3. The molecule has 2 aromatic heterocycles. The molecule has 0 unspecified atom stereocenters. The molecule has 0 atom stereocenters. The average molecular weight is 881 g/mol. The van der Waals surface area contributed by atoms with Crippen LogP contribution in [0.3, 0.4) is 0 Å². The molecule has 0 spiro atoms. The van der Waals surface area contributed by atoms with Gasteiger partial charge in [0.2, 0.25) is 0 Å². The van der Waals surface area contributed by atoms with Crippen molar-refractivity contribution < 1.29 is 8.83 Å². The van der Waals surface area contributed by atoms with E-state index in [9.17, 15) is 0 Å². The lowest BCUT2D eigenvalue weighted by Crippen LogP contribution is -2.18. The number of hydrogen-bond acceptors (Lipinski definition) is 4. The SMILES string of the molecule is Cc1ccccc1N(c1ccccc1C)c1cc2c(c3oc4ccccc4c13)-c1cc3c(cc1C2(C)C)-c1c(cc(N(c2ccccc2C)c2ccccc2C)c2c1oc1ccccc12)C3(C)C. The van der Waals surface area contributed by atoms with Gasteiger partial charge in [-0.05, 0) is 144 Å². The Morgan fingerprint density at radius 1 is 0.338 bits per heavy atom. The molecule has 0 amide bonds. The highest BCUT2D eigenvalue weighted by Crippen LogP contribution is 2.62. The number of nitrogens with zero attached hydrogens (tertiary/aromatic N) is 2. The summed E-state index contributed by atoms with van der Waals surface area (Å²) in [4.78, 5) is 4.95. The van der Waals surface area contributed by atoms with E-state index in [1.165, 1.54) is 66.8 Å². The van der Waals surface area contributed by atoms with Crippen LogP contribution in [0.2, 0.25) is 0 Å². The molecule has 0 bridgehead atoms. The smallest absolute Gasteiger partial charge is 0.145 e. The molecule has 0 fully saturated rings. The summed E-state index contributed by atoms with van der Waals surface area (Å²) in [6.45, 7) is 18.5. The molecule has 330 valence electrons. The Morgan fingerprint density at radius 2 is 0.647 bits per heavy atom. The number of rotatable bonds is 6. The fourth-order valence-electron chi connectivity index (χ4n) is 12.0. The van der Waals surface area contributed by atoms with Crippen molar-refractivity contribution in [3.63, 3.8) is 0 Å². The highest BCUT2D eigenvalue weighted by atomic mass is 16.3. The number of fused-ring (bicyclic) bond motifs is 14. The monoisotopic (exact) mass is 880 g/mol. The molecule has 0 saturated heterocycles. The van der Waals surface area contributed by atoms with Crippen molar-refractivity contribution in [1.29, 1.82) is 0 Å². The van der Waals surface area contributed by atoms with Gasteiger partial charge in [-0.3, -0.25) is 0 Å². The van der Waals surface area contributed by atoms with Crippen molar-refractivity contribution in [1.82, 2.24) is 0 Å². The molecular formula is C64H52N2O2. The Kier molecular flexibility index (Phi) is 8.53. The first kappa shape index (κ1) is 40.5. The van der Waals surface area contributed by atoms with Gasteiger partial charge in [-0.25, -0.2) is 0 Å². The second-order valence-corrected chi connectivity index (χ2v) is 20.3. The molecule has 0 radical (unpaired) electrons. The van der Waals surface area contributed by atoms with Gasteiger partial charge < -0.3 is 18.6 Å². The van der Waals surface area contributed by atoms with Crippen LogP contribution in [0.15, 0.2) is 179 Å². The van der Waals surface area contributed by atoms with Gasteiger partial charge in [-0.1, -0.05) is 137 Å². The molecule has 68 heavy (non-hydrogen) atoms. The van der Waals surface area contributed by atoms with E-state index in [0.29, 0.717) is 0 Å². The van der Waals surface area contributed by atoms with Crippen molar-refractivity contribution >= 4 is 78.0 Å². The maximum absolute atomic E-state index is 7.19. The highest BCUT2D eigenvalue weighted by molar-refractivity contribution is 6.21. The van der Waals surface area contributed by atoms with Gasteiger partial charge in [-0.2, -0.15) is 0 Å². The van der Waals surface area contributed by atoms with Crippen LogP contribution in [0.4, 0.5) is 34.1 Å². The first-order valence-electron chi connectivity index (χ1n) is 23.9. The third kappa shape index (κ3) is 5.49. The fraction of sp³-hybridized carbons (Fsp3) is 0.156. The second kappa shape index (κ2) is 14.3. The van der Waals surface area contributed by atoms with E-state index in [1.807, 2.05) is 0 Å². The molecule has 4 nitrogen and oxygen atoms in total. The summed E-state index contributed by atoms with van der Waals surface area (Å²) in [5.74, 6) is 0. The summed E-state index contributed by atoms with van der Waals surface area (Å²) in [5.41, 5.74) is 24.5. The third-order valence-corrected chi connectivity index (χ3v) is 15.6. The van der Waals surface area contributed by atoms with E-state index in [-0.39, 0.29) is 10.8 Å². The van der Waals surface area contributed by atoms with E-state index in [4.69, 9.17) is 8.83 Å². The van der Waals surface area contributed by atoms with Crippen LogP contribution in [0.25, 0.3) is 66.1 Å². The fourth-order valence-corrected chi connectivity index (χ4v) is 12.0. The van der Waals surface area contributed by atoms with Crippen molar-refractivity contribution in [3.8, 4) is 22.3 Å². The van der Waals surface area contributed by atoms with Gasteiger partial charge in [-0.15, -0.1) is 0 Å². The lowest BCUT2D eigenvalue weighted by atomic mass is 9.79. The number of furan rings is 2. The van der Waals surface area contributed by atoms with E-state index >= 15 is 0 Å². The Morgan fingerprint density at radius 3 is 0.985 bits per heavy atom. The average Bonchev–Trinajstić information content (AvgIpc) is 4.04. The van der Waals surface area contributed by atoms with Gasteiger partial charge in [0.1, 0.15) is 22.3 Å². The molecule has 0 saturated carbocycles. The number of benzene rings is 9. The van der Waals surface area contributed by atoms with Crippen LogP contribution in [-0.4, -0.2) is 0 Å². The lowest BCUT2D eigenvalue weighted by molar-refractivity contribution is 0.648. The minimum Gasteiger partial charge on any atom is -0.455 e. The summed E-state index contributed by atoms with van der Waals surface area (Å²) in [6, 6.07) is 62.1. The van der Waals surface area contributed by atoms with Crippen LogP contribution in [0.1, 0.15) is 72.2 Å². The summed E-state index contributed by atoms with van der Waals surface area (Å²) in [6.07, 6.45) is 0. The first-order valence-corrected chi connectivity index (χ1v) is 23.9. The maximum atomic E-state index is 7.19. The predicted molar refractivity (Wildman–Crippen MR) is 284 cm³/mol. The van der Waals surface area contributed by atoms with Gasteiger partial charge in [0.05, 0.1) is 22.1 Å². The summed E-state index contributed by atoms with van der Waals surface area (Å²) in [5, 5.41) is 4.47. The van der Waals surface area contributed by atoms with E-state index in [0.717, 1.165) is 78.0 Å². The molecule has 2 heterocycles. The van der Waals surface area contributed by atoms with Crippen LogP contribution >= 0.6 is 0 Å². The maximum Gasteiger partial charge on any atom is 0.145 e. The molecule has 0 aliphatic heterocycles. The quantitative estimate of drug-likeness (QED) is 0.167. The number of para-hydroxylation sites is 6. The molecular weight excluding hydrogens is 829 g/mol. The standard InChI is InChI=1S/C64H52N2O2/c1-37-21-9-15-27-49(37)65(50-28-16-10-22-38(50)2)53-35-47-57(61-59(53)41-25-13-19-31-55(41)67-61)43-33-46-44(34-45(43)63(47,5)6)58-48(64(46,7)8)36-54(60-42-26-14-20-32-56(42)68-62(58)60)66(51-29-17-11-23-39(51)3)52-30-18-12-24-40(52)4/h9-36H,1-8H3. The Bertz CT molecular complexity index is 3590. The molecule has 11 aromatic rings. The zero-order valence-corrected chi connectivity index (χ0v) is 39.9. The summed E-state index contributed by atoms with van der Waals surface area (Å²) >= 11 is 0. The third-order valence-electron chi connectivity index (χ3n) is 15.6. The lowest BCUT2D eigenvalue weighted by Gasteiger charge is -2.31. The number of hydrogen-bond donors (Lipinski definition) is 0. The van der Waals surface area contributed by atoms with Gasteiger partial charge in [0, 0.05) is 55.5 Å². The Hall–Kier alpha value is -7.82. The summed E-state index contributed by atoms with van der Waals surface area (Å²) < 4.78 is 14.4. The van der Waals surface area contributed by atoms with Gasteiger partial charge in [0.15, 0.2) is 0 Å². The van der Waals surface area contributed by atoms with Crippen LogP contribution < -0.4 is 9.80 Å². The van der Waals surface area contributed by atoms with Crippen LogP contribution in [-0.2, 0) is 10.8 Å². The molecule has 9 aromatic carbocycles. The largest absolute Gasteiger partial charge is 0.455 e. The first-order chi connectivity index (χ1) is 32.9. The number of anilines is 6. The molecule has 0 N–H and O–H groups in total. The van der Waals surface area contributed by atoms with Crippen molar-refractivity contribution in [2.45, 2.75) is 66.2 Å². The van der Waals surface area contributed by atoms with Crippen LogP contribution in [0.5, 0.6) is 0 Å². The Labute approximate surface area is 397 Å². The topological polar surface area (TPSA) is 32.8 Å². The van der Waals surface area contributed by atoms with Crippen molar-refractivity contribution in [3.05, 3.63) is 214 Å². The van der Waals surface area contributed by atoms with E-state index in [1.54, 1.807) is 0 Å². The molecule has 2 aliphatic rings. The molecule has 2 aliphatic carbocycles. The van der Waals surface area contributed by atoms with Crippen molar-refractivity contribution in [2.24, 2.45) is 0 Å². The zero-order valence-electron chi connectivity index (χ0n) is 39.9. The van der Waals surface area contributed by atoms with Gasteiger partial charge in [0.25, 0.3) is 0 Å². The Balaban J connectivity index is 1.10. The minimum absolute atomic E-state index is 0.378. The number of aryl methyl sites for hydroxylation is 4. The van der Waals surface area contributed by atoms with Gasteiger partial charge >= 0.3 is 0 Å². The van der Waals surface area contributed by atoms with E-state index in [2.05, 4.69) is 235 Å². The van der Waals surface area contributed by atoms with Crippen molar-refractivity contribution in [2.75, 3.05) is 9.80 Å². The van der Waals surface area contributed by atoms with E-state index < -0.39 is 0 Å². The van der Waals surface area contributed by atoms with Crippen LogP contribution in [0, 0.1) is 27.7 Å². The highest BCUT2D eigenvalue weighted by Gasteiger charge is 2.45. The second-order valence-electron chi connectivity index (χ2n) is 20.3. The normalized spacial score (nSPS) is 14.1. The molecule has 13 rings (SSSR count).